The fourth-order valence-corrected chi connectivity index (χ4v) is 3.36. The number of carbonyl (C=O) groups is 2. The zero-order chi connectivity index (χ0) is 21.7. The predicted octanol–water partition coefficient (Wildman–Crippen LogP) is 3.42. The van der Waals surface area contributed by atoms with Gasteiger partial charge in [0.1, 0.15) is 12.3 Å². The summed E-state index contributed by atoms with van der Waals surface area (Å²) in [6, 6.07) is 17.0. The predicted molar refractivity (Wildman–Crippen MR) is 116 cm³/mol. The highest BCUT2D eigenvalue weighted by Crippen LogP contribution is 2.33. The first-order valence-corrected chi connectivity index (χ1v) is 9.99. The molecule has 1 aliphatic heterocycles. The van der Waals surface area contributed by atoms with Gasteiger partial charge in [0, 0.05) is 25.1 Å². The summed E-state index contributed by atoms with van der Waals surface area (Å²) in [4.78, 5) is 26.7. The lowest BCUT2D eigenvalue weighted by atomic mass is 9.98. The van der Waals surface area contributed by atoms with E-state index in [4.69, 9.17) is 4.74 Å². The fraction of sp³-hybridized carbons (Fsp3) is 0.348. The van der Waals surface area contributed by atoms with Gasteiger partial charge in [0.15, 0.2) is 0 Å². The van der Waals surface area contributed by atoms with Crippen molar-refractivity contribution in [1.82, 2.24) is 15.2 Å². The molecule has 1 heterocycles. The summed E-state index contributed by atoms with van der Waals surface area (Å²) in [5.41, 5.74) is 2.73. The van der Waals surface area contributed by atoms with E-state index in [1.54, 1.807) is 14.2 Å². The van der Waals surface area contributed by atoms with E-state index in [-0.39, 0.29) is 30.6 Å². The van der Waals surface area contributed by atoms with Gasteiger partial charge in [0.25, 0.3) is 5.91 Å². The van der Waals surface area contributed by atoms with E-state index in [9.17, 15) is 9.59 Å². The van der Waals surface area contributed by atoms with Crippen LogP contribution in [0.3, 0.4) is 0 Å². The number of carbonyl (C=O) groups excluding carboxylic acids is 2. The molecule has 1 N–H and O–H groups in total. The molecule has 1 atom stereocenters. The minimum absolute atomic E-state index is 0.00316. The molecule has 0 saturated carbocycles. The molecule has 158 valence electrons. The Hall–Kier alpha value is -3.35. The molecule has 0 bridgehead atoms. The second kappa shape index (κ2) is 9.43. The van der Waals surface area contributed by atoms with Crippen LogP contribution in [0.1, 0.15) is 37.4 Å². The highest BCUT2D eigenvalue weighted by molar-refractivity contribution is 6.03. The third-order valence-electron chi connectivity index (χ3n) is 4.88. The van der Waals surface area contributed by atoms with E-state index in [1.807, 2.05) is 68.4 Å². The average molecular weight is 409 g/mol. The number of ether oxygens (including phenoxy) is 1. The molecule has 1 aliphatic rings. The normalized spacial score (nSPS) is 15.7. The molecule has 0 radical (unpaired) electrons. The second-order valence-electron chi connectivity index (χ2n) is 7.61. The van der Waals surface area contributed by atoms with Crippen LogP contribution in [0.5, 0.6) is 5.75 Å². The Bertz CT molecular complexity index is 927. The molecule has 2 aromatic carbocycles. The number of urea groups is 1. The maximum atomic E-state index is 13.1. The summed E-state index contributed by atoms with van der Waals surface area (Å²) < 4.78 is 5.32. The number of methoxy groups -OCH3 is 1. The summed E-state index contributed by atoms with van der Waals surface area (Å²) in [6.07, 6.45) is 0.588. The monoisotopic (exact) mass is 408 g/mol. The second-order valence-corrected chi connectivity index (χ2v) is 7.61. The number of benzene rings is 2. The number of hydrogen-bond donors (Lipinski definition) is 1. The maximum Gasteiger partial charge on any atom is 0.317 e. The lowest BCUT2D eigenvalue weighted by Gasteiger charge is -2.25. The molecule has 7 nitrogen and oxygen atoms in total. The molecule has 0 saturated heterocycles. The zero-order valence-corrected chi connectivity index (χ0v) is 17.8. The first-order valence-electron chi connectivity index (χ1n) is 9.99. The van der Waals surface area contributed by atoms with Crippen molar-refractivity contribution in [2.45, 2.75) is 32.4 Å². The van der Waals surface area contributed by atoms with Crippen LogP contribution >= 0.6 is 0 Å². The summed E-state index contributed by atoms with van der Waals surface area (Å²) in [6.45, 7) is 3.70. The van der Waals surface area contributed by atoms with Crippen LogP contribution in [0.4, 0.5) is 4.79 Å². The van der Waals surface area contributed by atoms with Gasteiger partial charge in [0.2, 0.25) is 0 Å². The molecule has 0 unspecified atom stereocenters. The van der Waals surface area contributed by atoms with Crippen molar-refractivity contribution in [3.63, 3.8) is 0 Å². The quantitative estimate of drug-likeness (QED) is 0.796. The van der Waals surface area contributed by atoms with Crippen LogP contribution in [0.15, 0.2) is 59.7 Å². The van der Waals surface area contributed by atoms with Crippen molar-refractivity contribution >= 4 is 17.6 Å². The number of nitrogens with one attached hydrogen (secondary N) is 1. The Morgan fingerprint density at radius 2 is 1.93 bits per heavy atom. The standard InChI is InChI=1S/C23H28N4O3/c1-16(2)24-23(29)26(3)15-22(28)27-21(17-9-6-5-7-10-17)14-20(25-27)18-11-8-12-19(13-18)30-4/h5-13,16,21H,14-15H2,1-4H3,(H,24,29)/t21-/m0/s1. The molecule has 3 rings (SSSR count). The molecule has 0 aromatic heterocycles. The maximum absolute atomic E-state index is 13.1. The minimum Gasteiger partial charge on any atom is -0.497 e. The highest BCUT2D eigenvalue weighted by Gasteiger charge is 2.34. The Labute approximate surface area is 177 Å². The molecular weight excluding hydrogens is 380 g/mol. The van der Waals surface area contributed by atoms with E-state index in [1.165, 1.54) is 9.91 Å². The summed E-state index contributed by atoms with van der Waals surface area (Å²) in [7, 11) is 3.23. The van der Waals surface area contributed by atoms with Crippen molar-refractivity contribution in [3.05, 3.63) is 65.7 Å². The van der Waals surface area contributed by atoms with Crippen LogP contribution in [0.2, 0.25) is 0 Å². The Morgan fingerprint density at radius 3 is 2.60 bits per heavy atom. The van der Waals surface area contributed by atoms with E-state index in [2.05, 4.69) is 10.4 Å². The van der Waals surface area contributed by atoms with Gasteiger partial charge < -0.3 is 15.0 Å². The summed E-state index contributed by atoms with van der Waals surface area (Å²) >= 11 is 0. The molecule has 3 amide bonds. The number of hydrogen-bond acceptors (Lipinski definition) is 4. The molecule has 0 aliphatic carbocycles. The smallest absolute Gasteiger partial charge is 0.317 e. The van der Waals surface area contributed by atoms with Crippen molar-refractivity contribution in [1.29, 1.82) is 0 Å². The molecular formula is C23H28N4O3. The molecule has 7 heteroatoms. The first-order chi connectivity index (χ1) is 14.4. The average Bonchev–Trinajstić information content (AvgIpc) is 3.19. The lowest BCUT2D eigenvalue weighted by molar-refractivity contribution is -0.133. The summed E-state index contributed by atoms with van der Waals surface area (Å²) in [5, 5.41) is 8.95. The molecule has 0 spiro atoms. The van der Waals surface area contributed by atoms with E-state index >= 15 is 0 Å². The van der Waals surface area contributed by atoms with Gasteiger partial charge in [0.05, 0.1) is 18.9 Å². The Morgan fingerprint density at radius 1 is 1.20 bits per heavy atom. The SMILES string of the molecule is COc1cccc(C2=NN(C(=O)CN(C)C(=O)NC(C)C)[C@H](c3ccccc3)C2)c1. The van der Waals surface area contributed by atoms with Crippen LogP contribution in [0, 0.1) is 0 Å². The number of hydrazone groups is 1. The van der Waals surface area contributed by atoms with E-state index in [0.29, 0.717) is 6.42 Å². The largest absolute Gasteiger partial charge is 0.497 e. The van der Waals surface area contributed by atoms with Crippen LogP contribution in [-0.2, 0) is 4.79 Å². The Balaban J connectivity index is 1.85. The third-order valence-corrected chi connectivity index (χ3v) is 4.88. The fourth-order valence-electron chi connectivity index (χ4n) is 3.36. The number of nitrogens with zero attached hydrogens (tertiary/aromatic N) is 3. The topological polar surface area (TPSA) is 74.2 Å². The van der Waals surface area contributed by atoms with Crippen molar-refractivity contribution in [2.75, 3.05) is 20.7 Å². The van der Waals surface area contributed by atoms with Crippen LogP contribution in [0.25, 0.3) is 0 Å². The van der Waals surface area contributed by atoms with Gasteiger partial charge in [-0.25, -0.2) is 9.80 Å². The highest BCUT2D eigenvalue weighted by atomic mass is 16.5. The van der Waals surface area contributed by atoms with Gasteiger partial charge in [-0.15, -0.1) is 0 Å². The lowest BCUT2D eigenvalue weighted by Crippen LogP contribution is -2.45. The van der Waals surface area contributed by atoms with Crippen molar-refractivity contribution in [2.24, 2.45) is 5.10 Å². The zero-order valence-electron chi connectivity index (χ0n) is 17.8. The van der Waals surface area contributed by atoms with Crippen LogP contribution in [-0.4, -0.2) is 54.3 Å². The van der Waals surface area contributed by atoms with Gasteiger partial charge in [-0.05, 0) is 31.5 Å². The number of rotatable bonds is 6. The number of likely N-dealkylation sites (N-methyl/N-ethyl adjacent to an activating group) is 1. The Kier molecular flexibility index (Phi) is 6.72. The van der Waals surface area contributed by atoms with Gasteiger partial charge in [-0.1, -0.05) is 42.5 Å². The van der Waals surface area contributed by atoms with Gasteiger partial charge >= 0.3 is 6.03 Å². The van der Waals surface area contributed by atoms with Crippen molar-refractivity contribution in [3.8, 4) is 5.75 Å². The van der Waals surface area contributed by atoms with E-state index < -0.39 is 0 Å². The van der Waals surface area contributed by atoms with Crippen LogP contribution < -0.4 is 10.1 Å². The molecule has 2 aromatic rings. The van der Waals surface area contributed by atoms with E-state index in [0.717, 1.165) is 22.6 Å². The third kappa shape index (κ3) is 4.97. The first kappa shape index (κ1) is 21.4. The van der Waals surface area contributed by atoms with Gasteiger partial charge in [-0.3, -0.25) is 4.79 Å². The minimum atomic E-state index is -0.286. The van der Waals surface area contributed by atoms with Crippen molar-refractivity contribution < 1.29 is 14.3 Å². The summed E-state index contributed by atoms with van der Waals surface area (Å²) in [5.74, 6) is 0.504. The van der Waals surface area contributed by atoms with Gasteiger partial charge in [-0.2, -0.15) is 5.10 Å². The number of amides is 3. The molecule has 30 heavy (non-hydrogen) atoms. The molecule has 0 fully saturated rings.